The summed E-state index contributed by atoms with van der Waals surface area (Å²) in [5.41, 5.74) is 6.01. The van der Waals surface area contributed by atoms with Crippen molar-refractivity contribution >= 4 is 33.1 Å². The van der Waals surface area contributed by atoms with Crippen LogP contribution in [0.3, 0.4) is 0 Å². The van der Waals surface area contributed by atoms with Crippen molar-refractivity contribution in [3.8, 4) is 0 Å². The molecule has 4 N–H and O–H groups in total. The third-order valence-corrected chi connectivity index (χ3v) is 4.10. The van der Waals surface area contributed by atoms with Gasteiger partial charge in [-0.05, 0) is 18.6 Å². The van der Waals surface area contributed by atoms with E-state index in [1.54, 1.807) is 0 Å². The van der Waals surface area contributed by atoms with Gasteiger partial charge in [-0.15, -0.1) is 0 Å². The number of rotatable bonds is 7. The van der Waals surface area contributed by atoms with Crippen molar-refractivity contribution in [1.29, 1.82) is 0 Å². The number of hydrogen-bond acceptors (Lipinski definition) is 4. The van der Waals surface area contributed by atoms with Crippen LogP contribution in [0, 0.1) is 0 Å². The zero-order valence-corrected chi connectivity index (χ0v) is 12.7. The number of sulfonamides is 1. The molecule has 8 heteroatoms. The lowest BCUT2D eigenvalue weighted by Gasteiger charge is -2.07. The molecule has 0 aliphatic rings. The average molecular weight is 315 g/mol. The number of hydrogen-bond donors (Lipinski definition) is 3. The van der Waals surface area contributed by atoms with E-state index < -0.39 is 10.0 Å². The van der Waals surface area contributed by atoms with E-state index in [-0.39, 0.29) is 22.3 Å². The van der Waals surface area contributed by atoms with Crippen molar-refractivity contribution in [2.24, 2.45) is 5.73 Å². The van der Waals surface area contributed by atoms with E-state index in [0.717, 1.165) is 6.42 Å². The van der Waals surface area contributed by atoms with Gasteiger partial charge in [-0.25, -0.2) is 13.1 Å². The SMILES string of the molecule is CCCNC(=O)CNS(=O)(=O)c1ccc(C(N)=S)cc1. The zero-order chi connectivity index (χ0) is 15.2. The molecule has 1 rings (SSSR count). The number of nitrogens with two attached hydrogens (primary N) is 1. The van der Waals surface area contributed by atoms with Gasteiger partial charge in [0.15, 0.2) is 0 Å². The Bertz CT molecular complexity index is 582. The molecule has 1 amide bonds. The lowest BCUT2D eigenvalue weighted by molar-refractivity contribution is -0.119. The minimum Gasteiger partial charge on any atom is -0.389 e. The molecular weight excluding hydrogens is 298 g/mol. The van der Waals surface area contributed by atoms with E-state index in [2.05, 4.69) is 10.0 Å². The molecule has 0 spiro atoms. The summed E-state index contributed by atoms with van der Waals surface area (Å²) in [5.74, 6) is -0.366. The van der Waals surface area contributed by atoms with E-state index in [0.29, 0.717) is 12.1 Å². The van der Waals surface area contributed by atoms with Crippen molar-refractivity contribution in [2.45, 2.75) is 18.2 Å². The van der Waals surface area contributed by atoms with Crippen LogP contribution in [0.4, 0.5) is 0 Å². The Labute approximate surface area is 123 Å². The largest absolute Gasteiger partial charge is 0.389 e. The normalized spacial score (nSPS) is 11.1. The van der Waals surface area contributed by atoms with Gasteiger partial charge < -0.3 is 11.1 Å². The number of carbonyl (C=O) groups is 1. The lowest BCUT2D eigenvalue weighted by Crippen LogP contribution is -2.37. The maximum atomic E-state index is 11.9. The molecule has 6 nitrogen and oxygen atoms in total. The highest BCUT2D eigenvalue weighted by molar-refractivity contribution is 7.89. The molecule has 0 saturated carbocycles. The summed E-state index contributed by atoms with van der Waals surface area (Å²) in [4.78, 5) is 11.6. The van der Waals surface area contributed by atoms with Crippen LogP contribution in [-0.4, -0.2) is 32.4 Å². The second kappa shape index (κ2) is 7.32. The molecule has 0 radical (unpaired) electrons. The predicted molar refractivity (Wildman–Crippen MR) is 80.8 cm³/mol. The fourth-order valence-electron chi connectivity index (χ4n) is 1.37. The first-order valence-electron chi connectivity index (χ1n) is 6.03. The first-order chi connectivity index (χ1) is 9.36. The first-order valence-corrected chi connectivity index (χ1v) is 7.92. The lowest BCUT2D eigenvalue weighted by atomic mass is 10.2. The summed E-state index contributed by atoms with van der Waals surface area (Å²) in [7, 11) is -3.72. The van der Waals surface area contributed by atoms with Gasteiger partial charge in [-0.1, -0.05) is 31.3 Å². The minimum absolute atomic E-state index is 0.0563. The molecule has 0 saturated heterocycles. The molecule has 20 heavy (non-hydrogen) atoms. The topological polar surface area (TPSA) is 101 Å². The van der Waals surface area contributed by atoms with Gasteiger partial charge in [0, 0.05) is 12.1 Å². The van der Waals surface area contributed by atoms with Gasteiger partial charge in [0.25, 0.3) is 0 Å². The molecule has 0 atom stereocenters. The minimum atomic E-state index is -3.72. The van der Waals surface area contributed by atoms with Crippen LogP contribution in [0.1, 0.15) is 18.9 Å². The number of nitrogens with one attached hydrogen (secondary N) is 2. The Hall–Kier alpha value is -1.51. The van der Waals surface area contributed by atoms with Crippen LogP contribution < -0.4 is 15.8 Å². The smallest absolute Gasteiger partial charge is 0.241 e. The van der Waals surface area contributed by atoms with Crippen LogP contribution in [0.2, 0.25) is 0 Å². The summed E-state index contributed by atoms with van der Waals surface area (Å²) in [6.45, 7) is 2.14. The molecule has 0 unspecified atom stereocenters. The highest BCUT2D eigenvalue weighted by Crippen LogP contribution is 2.10. The summed E-state index contributed by atoms with van der Waals surface area (Å²) in [5, 5.41) is 2.58. The molecule has 0 aromatic heterocycles. The molecule has 1 aromatic rings. The summed E-state index contributed by atoms with van der Waals surface area (Å²) in [6, 6.07) is 5.82. The molecule has 0 aliphatic heterocycles. The van der Waals surface area contributed by atoms with E-state index in [1.807, 2.05) is 6.92 Å². The second-order valence-electron chi connectivity index (χ2n) is 4.06. The van der Waals surface area contributed by atoms with Crippen LogP contribution >= 0.6 is 12.2 Å². The van der Waals surface area contributed by atoms with E-state index in [9.17, 15) is 13.2 Å². The van der Waals surface area contributed by atoms with Crippen LogP contribution in [-0.2, 0) is 14.8 Å². The number of benzene rings is 1. The van der Waals surface area contributed by atoms with Gasteiger partial charge in [0.05, 0.1) is 11.4 Å². The van der Waals surface area contributed by atoms with Crippen molar-refractivity contribution in [1.82, 2.24) is 10.0 Å². The molecule has 110 valence electrons. The maximum Gasteiger partial charge on any atom is 0.241 e. The maximum absolute atomic E-state index is 11.9. The monoisotopic (exact) mass is 315 g/mol. The van der Waals surface area contributed by atoms with Gasteiger partial charge in [-0.3, -0.25) is 4.79 Å². The fourth-order valence-corrected chi connectivity index (χ4v) is 2.49. The fraction of sp³-hybridized carbons (Fsp3) is 0.333. The van der Waals surface area contributed by atoms with E-state index in [4.69, 9.17) is 18.0 Å². The number of carbonyl (C=O) groups excluding carboxylic acids is 1. The van der Waals surface area contributed by atoms with Crippen molar-refractivity contribution in [2.75, 3.05) is 13.1 Å². The Kier molecular flexibility index (Phi) is 6.05. The number of amides is 1. The van der Waals surface area contributed by atoms with Crippen molar-refractivity contribution in [3.05, 3.63) is 29.8 Å². The van der Waals surface area contributed by atoms with Gasteiger partial charge >= 0.3 is 0 Å². The number of thiocarbonyl (C=S) groups is 1. The van der Waals surface area contributed by atoms with Crippen molar-refractivity contribution < 1.29 is 13.2 Å². The van der Waals surface area contributed by atoms with Crippen LogP contribution in [0.15, 0.2) is 29.2 Å². The standard InChI is InChI=1S/C12H17N3O3S2/c1-2-7-14-11(16)8-15-20(17,18)10-5-3-9(4-6-10)12(13)19/h3-6,15H,2,7-8H2,1H3,(H2,13,19)(H,14,16). The molecule has 0 fully saturated rings. The molecule has 0 aliphatic carbocycles. The van der Waals surface area contributed by atoms with Gasteiger partial charge in [-0.2, -0.15) is 0 Å². The summed E-state index contributed by atoms with van der Waals surface area (Å²) >= 11 is 4.78. The van der Waals surface area contributed by atoms with E-state index in [1.165, 1.54) is 24.3 Å². The molecular formula is C12H17N3O3S2. The summed E-state index contributed by atoms with van der Waals surface area (Å²) < 4.78 is 26.1. The second-order valence-corrected chi connectivity index (χ2v) is 6.27. The molecule has 0 heterocycles. The average Bonchev–Trinajstić information content (AvgIpc) is 2.43. The zero-order valence-electron chi connectivity index (χ0n) is 11.0. The highest BCUT2D eigenvalue weighted by atomic mass is 32.2. The van der Waals surface area contributed by atoms with Crippen LogP contribution in [0.25, 0.3) is 0 Å². The Morgan fingerprint density at radius 2 is 1.90 bits per heavy atom. The van der Waals surface area contributed by atoms with E-state index >= 15 is 0 Å². The summed E-state index contributed by atoms with van der Waals surface area (Å²) in [6.07, 6.45) is 0.791. The van der Waals surface area contributed by atoms with Crippen LogP contribution in [0.5, 0.6) is 0 Å². The molecule has 1 aromatic carbocycles. The Morgan fingerprint density at radius 1 is 1.30 bits per heavy atom. The third kappa shape index (κ3) is 4.87. The Morgan fingerprint density at radius 3 is 2.40 bits per heavy atom. The third-order valence-electron chi connectivity index (χ3n) is 2.44. The molecule has 0 bridgehead atoms. The predicted octanol–water partition coefficient (Wildman–Crippen LogP) is 0.125. The quantitative estimate of drug-likeness (QED) is 0.621. The highest BCUT2D eigenvalue weighted by Gasteiger charge is 2.15. The Balaban J connectivity index is 2.69. The first kappa shape index (κ1) is 16.5. The van der Waals surface area contributed by atoms with Gasteiger partial charge in [0.1, 0.15) is 4.99 Å². The van der Waals surface area contributed by atoms with Gasteiger partial charge in [0.2, 0.25) is 15.9 Å². The van der Waals surface area contributed by atoms with Crippen molar-refractivity contribution in [3.63, 3.8) is 0 Å².